The van der Waals surface area contributed by atoms with Gasteiger partial charge in [0.1, 0.15) is 0 Å². The van der Waals surface area contributed by atoms with Crippen LogP contribution in [0.25, 0.3) is 6.08 Å². The van der Waals surface area contributed by atoms with E-state index >= 15 is 0 Å². The molecule has 1 aromatic carbocycles. The predicted molar refractivity (Wildman–Crippen MR) is 91.1 cm³/mol. The van der Waals surface area contributed by atoms with E-state index in [0.29, 0.717) is 5.56 Å². The zero-order chi connectivity index (χ0) is 16.5. The Hall–Kier alpha value is -3.06. The van der Waals surface area contributed by atoms with Crippen molar-refractivity contribution >= 4 is 35.2 Å². The molecule has 0 fully saturated rings. The van der Waals surface area contributed by atoms with Gasteiger partial charge in [0, 0.05) is 24.0 Å². The molecule has 2 rings (SSSR count). The van der Waals surface area contributed by atoms with Crippen molar-refractivity contribution in [1.82, 2.24) is 21.2 Å². The van der Waals surface area contributed by atoms with Crippen LogP contribution in [-0.4, -0.2) is 21.9 Å². The zero-order valence-corrected chi connectivity index (χ0v) is 12.8. The Balaban J connectivity index is 1.77. The lowest BCUT2D eigenvalue weighted by Gasteiger charge is -2.09. The van der Waals surface area contributed by atoms with Crippen LogP contribution >= 0.6 is 12.2 Å². The lowest BCUT2D eigenvalue weighted by Crippen LogP contribution is -2.48. The van der Waals surface area contributed by atoms with Crippen LogP contribution in [0.2, 0.25) is 0 Å². The van der Waals surface area contributed by atoms with Gasteiger partial charge in [-0.1, -0.05) is 30.3 Å². The summed E-state index contributed by atoms with van der Waals surface area (Å²) in [6, 6.07) is 12.5. The molecule has 0 aliphatic heterocycles. The van der Waals surface area contributed by atoms with E-state index in [1.807, 2.05) is 30.3 Å². The Morgan fingerprint density at radius 2 is 1.70 bits per heavy atom. The molecule has 23 heavy (non-hydrogen) atoms. The maximum atomic E-state index is 11.8. The number of hydrazine groups is 1. The Labute approximate surface area is 138 Å². The van der Waals surface area contributed by atoms with Gasteiger partial charge in [-0.15, -0.1) is 0 Å². The molecular formula is C16H14N4O2S. The average Bonchev–Trinajstić information content (AvgIpc) is 2.59. The largest absolute Gasteiger partial charge is 0.298 e. The quantitative estimate of drug-likeness (QED) is 0.451. The van der Waals surface area contributed by atoms with Gasteiger partial charge in [0.25, 0.3) is 5.91 Å². The number of amides is 2. The van der Waals surface area contributed by atoms with E-state index in [1.54, 1.807) is 18.2 Å². The van der Waals surface area contributed by atoms with Gasteiger partial charge in [-0.05, 0) is 36.0 Å². The summed E-state index contributed by atoms with van der Waals surface area (Å²) in [5, 5.41) is 2.42. The average molecular weight is 326 g/mol. The van der Waals surface area contributed by atoms with E-state index in [-0.39, 0.29) is 11.0 Å². The monoisotopic (exact) mass is 326 g/mol. The number of nitrogens with one attached hydrogen (secondary N) is 3. The molecule has 0 radical (unpaired) electrons. The van der Waals surface area contributed by atoms with Crippen molar-refractivity contribution in [3.63, 3.8) is 0 Å². The molecular weight excluding hydrogens is 312 g/mol. The Morgan fingerprint density at radius 1 is 1.00 bits per heavy atom. The SMILES string of the molecule is O=C(C=Cc1ccccc1)NC(=S)NNC(=O)c1ccncc1. The van der Waals surface area contributed by atoms with Crippen LogP contribution in [0.15, 0.2) is 60.9 Å². The molecule has 0 bridgehead atoms. The van der Waals surface area contributed by atoms with E-state index in [4.69, 9.17) is 12.2 Å². The van der Waals surface area contributed by atoms with Crippen molar-refractivity contribution < 1.29 is 9.59 Å². The summed E-state index contributed by atoms with van der Waals surface area (Å²) in [6.07, 6.45) is 6.02. The third-order valence-electron chi connectivity index (χ3n) is 2.70. The van der Waals surface area contributed by atoms with Crippen molar-refractivity contribution in [1.29, 1.82) is 0 Å². The molecule has 0 saturated heterocycles. The number of hydrogen-bond donors (Lipinski definition) is 3. The molecule has 1 aromatic heterocycles. The first kappa shape index (κ1) is 16.3. The summed E-state index contributed by atoms with van der Waals surface area (Å²) in [5.74, 6) is -0.784. The van der Waals surface area contributed by atoms with Crippen LogP contribution in [0.1, 0.15) is 15.9 Å². The van der Waals surface area contributed by atoms with E-state index in [1.165, 1.54) is 18.5 Å². The number of carbonyl (C=O) groups excluding carboxylic acids is 2. The molecule has 2 amide bonds. The first-order valence-electron chi connectivity index (χ1n) is 6.69. The molecule has 6 nitrogen and oxygen atoms in total. The number of rotatable bonds is 3. The normalized spacial score (nSPS) is 10.1. The number of nitrogens with zero attached hydrogens (tertiary/aromatic N) is 1. The maximum Gasteiger partial charge on any atom is 0.269 e. The second kappa shape index (κ2) is 8.40. The number of carbonyl (C=O) groups is 2. The van der Waals surface area contributed by atoms with Gasteiger partial charge < -0.3 is 0 Å². The van der Waals surface area contributed by atoms with Crippen LogP contribution in [0, 0.1) is 0 Å². The second-order valence-electron chi connectivity index (χ2n) is 4.38. The summed E-state index contributed by atoms with van der Waals surface area (Å²) in [6.45, 7) is 0. The first-order chi connectivity index (χ1) is 11.1. The molecule has 7 heteroatoms. The Bertz CT molecular complexity index is 717. The first-order valence-corrected chi connectivity index (χ1v) is 7.10. The highest BCUT2D eigenvalue weighted by molar-refractivity contribution is 7.80. The predicted octanol–water partition coefficient (Wildman–Crippen LogP) is 1.43. The summed E-state index contributed by atoms with van der Waals surface area (Å²) >= 11 is 4.93. The molecule has 0 spiro atoms. The Kier molecular flexibility index (Phi) is 5.96. The van der Waals surface area contributed by atoms with Gasteiger partial charge in [0.2, 0.25) is 5.91 Å². The molecule has 0 aliphatic rings. The number of benzene rings is 1. The van der Waals surface area contributed by atoms with E-state index in [9.17, 15) is 9.59 Å². The fourth-order valence-electron chi connectivity index (χ4n) is 1.61. The summed E-state index contributed by atoms with van der Waals surface area (Å²) < 4.78 is 0. The summed E-state index contributed by atoms with van der Waals surface area (Å²) in [4.78, 5) is 27.3. The van der Waals surface area contributed by atoms with Crippen LogP contribution in [0.5, 0.6) is 0 Å². The standard InChI is InChI=1S/C16H14N4O2S/c21-14(7-6-12-4-2-1-3-5-12)18-16(23)20-19-15(22)13-8-10-17-11-9-13/h1-11H,(H,19,22)(H2,18,20,21,23). The minimum absolute atomic E-state index is 0.00452. The fraction of sp³-hybridized carbons (Fsp3) is 0. The van der Waals surface area contributed by atoms with Gasteiger partial charge in [0.05, 0.1) is 0 Å². The molecule has 0 unspecified atom stereocenters. The van der Waals surface area contributed by atoms with E-state index in [2.05, 4.69) is 21.2 Å². The highest BCUT2D eigenvalue weighted by Crippen LogP contribution is 2.00. The van der Waals surface area contributed by atoms with Crippen molar-refractivity contribution in [2.75, 3.05) is 0 Å². The van der Waals surface area contributed by atoms with Crippen molar-refractivity contribution in [2.45, 2.75) is 0 Å². The fourth-order valence-corrected chi connectivity index (χ4v) is 1.76. The molecule has 0 aliphatic carbocycles. The summed E-state index contributed by atoms with van der Waals surface area (Å²) in [5.41, 5.74) is 6.15. The van der Waals surface area contributed by atoms with Gasteiger partial charge in [0.15, 0.2) is 5.11 Å². The second-order valence-corrected chi connectivity index (χ2v) is 4.79. The van der Waals surface area contributed by atoms with Crippen LogP contribution < -0.4 is 16.2 Å². The molecule has 1 heterocycles. The number of thiocarbonyl (C=S) groups is 1. The lowest BCUT2D eigenvalue weighted by atomic mass is 10.2. The van der Waals surface area contributed by atoms with Crippen molar-refractivity contribution in [3.8, 4) is 0 Å². The van der Waals surface area contributed by atoms with Gasteiger partial charge in [-0.2, -0.15) is 0 Å². The smallest absolute Gasteiger partial charge is 0.269 e. The number of hydrogen-bond acceptors (Lipinski definition) is 4. The van der Waals surface area contributed by atoms with Crippen molar-refractivity contribution in [2.24, 2.45) is 0 Å². The topological polar surface area (TPSA) is 83.1 Å². The van der Waals surface area contributed by atoms with E-state index in [0.717, 1.165) is 5.56 Å². The highest BCUT2D eigenvalue weighted by atomic mass is 32.1. The van der Waals surface area contributed by atoms with Crippen LogP contribution in [0.4, 0.5) is 0 Å². The molecule has 2 aromatic rings. The van der Waals surface area contributed by atoms with Crippen molar-refractivity contribution in [3.05, 3.63) is 72.1 Å². The minimum Gasteiger partial charge on any atom is -0.298 e. The van der Waals surface area contributed by atoms with E-state index < -0.39 is 5.91 Å². The summed E-state index contributed by atoms with van der Waals surface area (Å²) in [7, 11) is 0. The van der Waals surface area contributed by atoms with Gasteiger partial charge in [-0.3, -0.25) is 30.7 Å². The third kappa shape index (κ3) is 5.68. The Morgan fingerprint density at radius 3 is 2.39 bits per heavy atom. The molecule has 0 saturated carbocycles. The molecule has 0 atom stereocenters. The third-order valence-corrected chi connectivity index (χ3v) is 2.90. The number of aromatic nitrogens is 1. The minimum atomic E-state index is -0.399. The van der Waals surface area contributed by atoms with Gasteiger partial charge >= 0.3 is 0 Å². The molecule has 3 N–H and O–H groups in total. The highest BCUT2D eigenvalue weighted by Gasteiger charge is 2.05. The lowest BCUT2D eigenvalue weighted by molar-refractivity contribution is -0.115. The maximum absolute atomic E-state index is 11.8. The number of pyridine rings is 1. The van der Waals surface area contributed by atoms with Gasteiger partial charge in [-0.25, -0.2) is 0 Å². The molecule has 116 valence electrons. The zero-order valence-electron chi connectivity index (χ0n) is 12.0. The van der Waals surface area contributed by atoms with Crippen LogP contribution in [0.3, 0.4) is 0 Å². The van der Waals surface area contributed by atoms with Crippen LogP contribution in [-0.2, 0) is 4.79 Å².